The predicted octanol–water partition coefficient (Wildman–Crippen LogP) is 3.92. The molecule has 3 heteroatoms. The number of hydrogen-bond donors (Lipinski definition) is 1. The molecule has 1 aromatic rings. The van der Waals surface area contributed by atoms with Crippen LogP contribution >= 0.6 is 15.9 Å². The summed E-state index contributed by atoms with van der Waals surface area (Å²) in [7, 11) is 0. The van der Waals surface area contributed by atoms with Crippen LogP contribution in [0.5, 0.6) is 0 Å². The Morgan fingerprint density at radius 2 is 2.11 bits per heavy atom. The average Bonchev–Trinajstić information content (AvgIpc) is 3.15. The summed E-state index contributed by atoms with van der Waals surface area (Å²) < 4.78 is 1.18. The molecule has 0 heterocycles. The Hall–Kier alpha value is -0.540. The van der Waals surface area contributed by atoms with Gasteiger partial charge in [0.2, 0.25) is 0 Å². The Morgan fingerprint density at radius 3 is 2.61 bits per heavy atom. The average molecular weight is 311 g/mol. The molecule has 0 atom stereocenters. The van der Waals surface area contributed by atoms with Crippen LogP contribution in [-0.4, -0.2) is 12.6 Å². The van der Waals surface area contributed by atoms with Gasteiger partial charge in [0, 0.05) is 23.6 Å². The highest BCUT2D eigenvalue weighted by Gasteiger charge is 2.30. The van der Waals surface area contributed by atoms with Crippen LogP contribution in [0.25, 0.3) is 0 Å². The van der Waals surface area contributed by atoms with Gasteiger partial charge in [0.15, 0.2) is 0 Å². The summed E-state index contributed by atoms with van der Waals surface area (Å²) in [6.07, 6.45) is 3.92. The van der Waals surface area contributed by atoms with Crippen LogP contribution in [0, 0.1) is 5.92 Å². The lowest BCUT2D eigenvalue weighted by Crippen LogP contribution is -2.28. The Kier molecular flexibility index (Phi) is 4.68. The third kappa shape index (κ3) is 3.48. The van der Waals surface area contributed by atoms with Crippen molar-refractivity contribution >= 4 is 21.6 Å². The molecule has 1 aliphatic rings. The second-order valence-corrected chi connectivity index (χ2v) is 6.45. The van der Waals surface area contributed by atoms with Gasteiger partial charge in [-0.3, -0.25) is 0 Å². The third-order valence-electron chi connectivity index (χ3n) is 3.49. The zero-order valence-corrected chi connectivity index (χ0v) is 12.9. The number of anilines is 1. The largest absolute Gasteiger partial charge is 0.368 e. The fourth-order valence-corrected chi connectivity index (χ4v) is 2.85. The van der Waals surface area contributed by atoms with Gasteiger partial charge >= 0.3 is 0 Å². The van der Waals surface area contributed by atoms with Crippen molar-refractivity contribution in [2.45, 2.75) is 45.7 Å². The monoisotopic (exact) mass is 310 g/mol. The van der Waals surface area contributed by atoms with Gasteiger partial charge < -0.3 is 10.6 Å². The zero-order chi connectivity index (χ0) is 13.1. The first-order chi connectivity index (χ1) is 8.61. The number of benzene rings is 1. The molecule has 0 spiro atoms. The van der Waals surface area contributed by atoms with Crippen molar-refractivity contribution in [3.8, 4) is 0 Å². The maximum atomic E-state index is 5.68. The lowest BCUT2D eigenvalue weighted by molar-refractivity contribution is 0.570. The maximum absolute atomic E-state index is 5.68. The van der Waals surface area contributed by atoms with Gasteiger partial charge in [-0.2, -0.15) is 0 Å². The van der Waals surface area contributed by atoms with Gasteiger partial charge in [-0.1, -0.05) is 19.9 Å². The first-order valence-electron chi connectivity index (χ1n) is 6.87. The van der Waals surface area contributed by atoms with E-state index in [1.165, 1.54) is 35.0 Å². The minimum atomic E-state index is 0.605. The number of nitrogens with zero attached hydrogens (tertiary/aromatic N) is 1. The molecule has 1 saturated carbocycles. The normalized spacial score (nSPS) is 15.2. The highest BCUT2D eigenvalue weighted by atomic mass is 79.9. The van der Waals surface area contributed by atoms with Crippen LogP contribution in [-0.2, 0) is 6.54 Å². The van der Waals surface area contributed by atoms with Gasteiger partial charge in [-0.15, -0.1) is 0 Å². The SMILES string of the molecule is CC(C)CCN(c1ccc(CN)cc1Br)C1CC1. The molecule has 100 valence electrons. The molecular weight excluding hydrogens is 288 g/mol. The fraction of sp³-hybridized carbons (Fsp3) is 0.600. The van der Waals surface area contributed by atoms with Gasteiger partial charge in [0.25, 0.3) is 0 Å². The minimum Gasteiger partial charge on any atom is -0.368 e. The highest BCUT2D eigenvalue weighted by molar-refractivity contribution is 9.10. The lowest BCUT2D eigenvalue weighted by atomic mass is 10.1. The molecule has 1 fully saturated rings. The summed E-state index contributed by atoms with van der Waals surface area (Å²) >= 11 is 3.69. The van der Waals surface area contributed by atoms with Crippen LogP contribution in [0.1, 0.15) is 38.7 Å². The van der Waals surface area contributed by atoms with E-state index < -0.39 is 0 Å². The van der Waals surface area contributed by atoms with E-state index in [0.717, 1.165) is 18.5 Å². The van der Waals surface area contributed by atoms with Crippen molar-refractivity contribution in [1.82, 2.24) is 0 Å². The molecule has 0 aromatic heterocycles. The van der Waals surface area contributed by atoms with E-state index in [2.05, 4.69) is 52.9 Å². The molecule has 0 amide bonds. The molecule has 2 rings (SSSR count). The molecule has 0 unspecified atom stereocenters. The number of hydrogen-bond acceptors (Lipinski definition) is 2. The van der Waals surface area contributed by atoms with Crippen molar-refractivity contribution in [3.05, 3.63) is 28.2 Å². The Bertz CT molecular complexity index is 399. The quantitative estimate of drug-likeness (QED) is 0.862. The topological polar surface area (TPSA) is 29.3 Å². The van der Waals surface area contributed by atoms with E-state index in [9.17, 15) is 0 Å². The molecule has 1 aromatic carbocycles. The van der Waals surface area contributed by atoms with Crippen molar-refractivity contribution in [2.75, 3.05) is 11.4 Å². The first kappa shape index (κ1) is 13.9. The Morgan fingerprint density at radius 1 is 1.39 bits per heavy atom. The van der Waals surface area contributed by atoms with Gasteiger partial charge in [-0.05, 0) is 58.8 Å². The van der Waals surface area contributed by atoms with E-state index >= 15 is 0 Å². The molecule has 0 aliphatic heterocycles. The lowest BCUT2D eigenvalue weighted by Gasteiger charge is -2.27. The Balaban J connectivity index is 2.14. The van der Waals surface area contributed by atoms with Crippen LogP contribution in [0.4, 0.5) is 5.69 Å². The van der Waals surface area contributed by atoms with E-state index in [-0.39, 0.29) is 0 Å². The molecular formula is C15H23BrN2. The van der Waals surface area contributed by atoms with Crippen molar-refractivity contribution < 1.29 is 0 Å². The van der Waals surface area contributed by atoms with Gasteiger partial charge in [-0.25, -0.2) is 0 Å². The molecule has 18 heavy (non-hydrogen) atoms. The summed E-state index contributed by atoms with van der Waals surface area (Å²) in [5.74, 6) is 0.758. The molecule has 2 nitrogen and oxygen atoms in total. The number of nitrogens with two attached hydrogens (primary N) is 1. The summed E-state index contributed by atoms with van der Waals surface area (Å²) in [5, 5.41) is 0. The summed E-state index contributed by atoms with van der Waals surface area (Å²) in [4.78, 5) is 2.56. The van der Waals surface area contributed by atoms with Crippen LogP contribution in [0.15, 0.2) is 22.7 Å². The van der Waals surface area contributed by atoms with E-state index in [1.54, 1.807) is 0 Å². The van der Waals surface area contributed by atoms with Crippen LogP contribution in [0.3, 0.4) is 0 Å². The van der Waals surface area contributed by atoms with Crippen LogP contribution in [0.2, 0.25) is 0 Å². The number of rotatable bonds is 6. The van der Waals surface area contributed by atoms with Crippen molar-refractivity contribution in [1.29, 1.82) is 0 Å². The van der Waals surface area contributed by atoms with Crippen LogP contribution < -0.4 is 10.6 Å². The minimum absolute atomic E-state index is 0.605. The van der Waals surface area contributed by atoms with Gasteiger partial charge in [0.05, 0.1) is 5.69 Å². The third-order valence-corrected chi connectivity index (χ3v) is 4.13. The maximum Gasteiger partial charge on any atom is 0.0513 e. The second kappa shape index (κ2) is 6.07. The molecule has 0 saturated heterocycles. The second-order valence-electron chi connectivity index (χ2n) is 5.60. The first-order valence-corrected chi connectivity index (χ1v) is 7.66. The molecule has 0 radical (unpaired) electrons. The van der Waals surface area contributed by atoms with E-state index in [1.807, 2.05) is 0 Å². The fourth-order valence-electron chi connectivity index (χ4n) is 2.19. The summed E-state index contributed by atoms with van der Waals surface area (Å²) in [6, 6.07) is 7.26. The van der Waals surface area contributed by atoms with Crippen molar-refractivity contribution in [3.63, 3.8) is 0 Å². The van der Waals surface area contributed by atoms with E-state index in [4.69, 9.17) is 5.73 Å². The molecule has 2 N–H and O–H groups in total. The zero-order valence-electron chi connectivity index (χ0n) is 11.3. The standard InChI is InChI=1S/C15H23BrN2/c1-11(2)7-8-18(13-4-5-13)15-6-3-12(10-17)9-14(15)16/h3,6,9,11,13H,4-5,7-8,10,17H2,1-2H3. The van der Waals surface area contributed by atoms with Gasteiger partial charge in [0.1, 0.15) is 0 Å². The smallest absolute Gasteiger partial charge is 0.0513 e. The Labute approximate surface area is 119 Å². The van der Waals surface area contributed by atoms with E-state index in [0.29, 0.717) is 6.54 Å². The summed E-state index contributed by atoms with van der Waals surface area (Å²) in [5.41, 5.74) is 8.20. The predicted molar refractivity (Wildman–Crippen MR) is 81.9 cm³/mol. The summed E-state index contributed by atoms with van der Waals surface area (Å²) in [6.45, 7) is 6.34. The molecule has 0 bridgehead atoms. The van der Waals surface area contributed by atoms with Crippen molar-refractivity contribution in [2.24, 2.45) is 11.7 Å². The number of halogens is 1. The highest BCUT2D eigenvalue weighted by Crippen LogP contribution is 2.36. The molecule has 1 aliphatic carbocycles.